The van der Waals surface area contributed by atoms with Crippen LogP contribution in [0.15, 0.2) is 34.8 Å². The maximum absolute atomic E-state index is 3.48. The number of halogens is 2. The minimum Gasteiger partial charge on any atom is -0.0622 e. The lowest BCUT2D eigenvalue weighted by Gasteiger charge is -1.98. The molecule has 0 unspecified atom stereocenters. The molecule has 0 spiro atoms. The van der Waals surface area contributed by atoms with Crippen LogP contribution in [0.25, 0.3) is 4.48 Å². The van der Waals surface area contributed by atoms with Crippen LogP contribution in [0.2, 0.25) is 0 Å². The van der Waals surface area contributed by atoms with Gasteiger partial charge in [-0.25, -0.2) is 0 Å². The fourth-order valence-electron chi connectivity index (χ4n) is 0.783. The summed E-state index contributed by atoms with van der Waals surface area (Å²) in [6, 6.07) is 10.2. The molecule has 1 aromatic rings. The van der Waals surface area contributed by atoms with Gasteiger partial charge < -0.3 is 0 Å². The minimum absolute atomic E-state index is 1.11. The van der Waals surface area contributed by atoms with Gasteiger partial charge in [0.05, 0.1) is 0 Å². The Morgan fingerprint density at radius 2 is 1.64 bits per heavy atom. The standard InChI is InChI=1S/C9H8Br2/c1-7(10)9(11)8-5-3-2-4-6-8/h2-6H,1H3. The molecule has 0 saturated carbocycles. The Kier molecular flexibility index (Phi) is 3.34. The predicted octanol–water partition coefficient (Wildman–Crippen LogP) is 4.16. The topological polar surface area (TPSA) is 0 Å². The van der Waals surface area contributed by atoms with Crippen molar-refractivity contribution < 1.29 is 0 Å². The lowest BCUT2D eigenvalue weighted by atomic mass is 10.2. The normalized spacial score (nSPS) is 12.6. The minimum atomic E-state index is 1.11. The Hall–Kier alpha value is -0.0800. The second kappa shape index (κ2) is 4.07. The molecule has 0 N–H and O–H groups in total. The van der Waals surface area contributed by atoms with Crippen molar-refractivity contribution in [3.05, 3.63) is 40.4 Å². The van der Waals surface area contributed by atoms with Gasteiger partial charge in [0.1, 0.15) is 0 Å². The van der Waals surface area contributed by atoms with Gasteiger partial charge in [-0.05, 0) is 28.4 Å². The van der Waals surface area contributed by atoms with E-state index >= 15 is 0 Å². The fraction of sp³-hybridized carbons (Fsp3) is 0.111. The van der Waals surface area contributed by atoms with E-state index in [0.29, 0.717) is 0 Å². The average Bonchev–Trinajstić information content (AvgIpc) is 2.05. The third-order valence-electron chi connectivity index (χ3n) is 1.33. The van der Waals surface area contributed by atoms with Crippen molar-refractivity contribution in [1.82, 2.24) is 0 Å². The second-order valence-electron chi connectivity index (χ2n) is 2.21. The Balaban J connectivity index is 3.04. The van der Waals surface area contributed by atoms with Crippen LogP contribution in [0.4, 0.5) is 0 Å². The molecule has 0 aromatic heterocycles. The van der Waals surface area contributed by atoms with E-state index in [0.717, 1.165) is 8.96 Å². The molecule has 0 radical (unpaired) electrons. The summed E-state index contributed by atoms with van der Waals surface area (Å²) >= 11 is 6.89. The largest absolute Gasteiger partial charge is 0.0622 e. The van der Waals surface area contributed by atoms with Crippen molar-refractivity contribution in [2.75, 3.05) is 0 Å². The van der Waals surface area contributed by atoms with Gasteiger partial charge >= 0.3 is 0 Å². The zero-order chi connectivity index (χ0) is 8.27. The van der Waals surface area contributed by atoms with Crippen molar-refractivity contribution in [2.45, 2.75) is 6.92 Å². The van der Waals surface area contributed by atoms with Crippen LogP contribution >= 0.6 is 31.9 Å². The highest BCUT2D eigenvalue weighted by atomic mass is 79.9. The second-order valence-corrected chi connectivity index (χ2v) is 4.20. The summed E-state index contributed by atoms with van der Waals surface area (Å²) < 4.78 is 2.22. The van der Waals surface area contributed by atoms with Gasteiger partial charge in [0.15, 0.2) is 0 Å². The van der Waals surface area contributed by atoms with Crippen LogP contribution in [0, 0.1) is 0 Å². The molecule has 0 nitrogen and oxygen atoms in total. The molecular weight excluding hydrogens is 268 g/mol. The van der Waals surface area contributed by atoms with Gasteiger partial charge in [-0.15, -0.1) is 0 Å². The van der Waals surface area contributed by atoms with Crippen LogP contribution in [-0.2, 0) is 0 Å². The van der Waals surface area contributed by atoms with Crippen molar-refractivity contribution in [3.63, 3.8) is 0 Å². The summed E-state index contributed by atoms with van der Waals surface area (Å²) in [5, 5.41) is 0. The molecule has 0 fully saturated rings. The van der Waals surface area contributed by atoms with Gasteiger partial charge in [0.25, 0.3) is 0 Å². The first-order valence-corrected chi connectivity index (χ1v) is 4.87. The maximum Gasteiger partial charge on any atom is 0.0346 e. The van der Waals surface area contributed by atoms with E-state index < -0.39 is 0 Å². The van der Waals surface area contributed by atoms with Gasteiger partial charge in [-0.3, -0.25) is 0 Å². The Morgan fingerprint density at radius 3 is 2.09 bits per heavy atom. The number of hydrogen-bond donors (Lipinski definition) is 0. The van der Waals surface area contributed by atoms with E-state index in [4.69, 9.17) is 0 Å². The molecule has 0 bridgehead atoms. The molecular formula is C9H8Br2. The number of allylic oxidation sites excluding steroid dienone is 1. The molecule has 0 aliphatic carbocycles. The average molecular weight is 276 g/mol. The number of rotatable bonds is 1. The van der Waals surface area contributed by atoms with Crippen LogP contribution in [0.1, 0.15) is 12.5 Å². The third kappa shape index (κ3) is 2.46. The number of hydrogen-bond acceptors (Lipinski definition) is 0. The highest BCUT2D eigenvalue weighted by Gasteiger charge is 1.97. The van der Waals surface area contributed by atoms with Crippen molar-refractivity contribution >= 4 is 36.3 Å². The number of benzene rings is 1. The lowest BCUT2D eigenvalue weighted by molar-refractivity contribution is 1.63. The molecule has 0 amide bonds. The van der Waals surface area contributed by atoms with Crippen LogP contribution in [0.3, 0.4) is 0 Å². The molecule has 0 saturated heterocycles. The van der Waals surface area contributed by atoms with Gasteiger partial charge in [-0.1, -0.05) is 46.3 Å². The predicted molar refractivity (Wildman–Crippen MR) is 56.9 cm³/mol. The van der Waals surface area contributed by atoms with E-state index in [1.165, 1.54) is 5.56 Å². The third-order valence-corrected chi connectivity index (χ3v) is 3.31. The summed E-state index contributed by atoms with van der Waals surface area (Å²) in [5.41, 5.74) is 1.20. The molecule has 0 aliphatic rings. The maximum atomic E-state index is 3.48. The molecule has 0 aliphatic heterocycles. The van der Waals surface area contributed by atoms with Gasteiger partial charge in [-0.2, -0.15) is 0 Å². The van der Waals surface area contributed by atoms with E-state index in [-0.39, 0.29) is 0 Å². The summed E-state index contributed by atoms with van der Waals surface area (Å²) in [5.74, 6) is 0. The Labute approximate surface area is 83.6 Å². The SMILES string of the molecule is CC(Br)=C(Br)c1ccccc1. The first-order chi connectivity index (χ1) is 5.22. The zero-order valence-corrected chi connectivity index (χ0v) is 9.31. The molecule has 0 atom stereocenters. The van der Waals surface area contributed by atoms with E-state index in [2.05, 4.69) is 44.0 Å². The molecule has 0 heterocycles. The zero-order valence-electron chi connectivity index (χ0n) is 6.14. The first-order valence-electron chi connectivity index (χ1n) is 3.29. The molecule has 58 valence electrons. The van der Waals surface area contributed by atoms with Crippen LogP contribution < -0.4 is 0 Å². The molecule has 2 heteroatoms. The summed E-state index contributed by atoms with van der Waals surface area (Å²) in [6.07, 6.45) is 0. The highest BCUT2D eigenvalue weighted by Crippen LogP contribution is 2.27. The summed E-state index contributed by atoms with van der Waals surface area (Å²) in [4.78, 5) is 0. The van der Waals surface area contributed by atoms with Gasteiger partial charge in [0, 0.05) is 8.96 Å². The molecule has 1 rings (SSSR count). The lowest BCUT2D eigenvalue weighted by Crippen LogP contribution is -1.74. The fourth-order valence-corrected chi connectivity index (χ4v) is 1.28. The van der Waals surface area contributed by atoms with E-state index in [1.54, 1.807) is 0 Å². The monoisotopic (exact) mass is 274 g/mol. The first kappa shape index (κ1) is 9.01. The Bertz CT molecular complexity index is 258. The van der Waals surface area contributed by atoms with Crippen LogP contribution in [-0.4, -0.2) is 0 Å². The van der Waals surface area contributed by atoms with Crippen molar-refractivity contribution in [1.29, 1.82) is 0 Å². The smallest absolute Gasteiger partial charge is 0.0346 e. The molecule has 11 heavy (non-hydrogen) atoms. The summed E-state index contributed by atoms with van der Waals surface area (Å²) in [6.45, 7) is 2.01. The quantitative estimate of drug-likeness (QED) is 0.722. The van der Waals surface area contributed by atoms with Gasteiger partial charge in [0.2, 0.25) is 0 Å². The van der Waals surface area contributed by atoms with E-state index in [9.17, 15) is 0 Å². The summed E-state index contributed by atoms with van der Waals surface area (Å²) in [7, 11) is 0. The van der Waals surface area contributed by atoms with Crippen LogP contribution in [0.5, 0.6) is 0 Å². The molecule has 1 aromatic carbocycles. The van der Waals surface area contributed by atoms with Crippen molar-refractivity contribution in [3.8, 4) is 0 Å². The van der Waals surface area contributed by atoms with E-state index in [1.807, 2.05) is 25.1 Å². The highest BCUT2D eigenvalue weighted by molar-refractivity contribution is 9.16. The Morgan fingerprint density at radius 1 is 1.09 bits per heavy atom. The van der Waals surface area contributed by atoms with Crippen molar-refractivity contribution in [2.24, 2.45) is 0 Å².